The molecule has 0 bridgehead atoms. The largest absolute Gasteiger partial charge is 0.497 e. The summed E-state index contributed by atoms with van der Waals surface area (Å²) in [5.41, 5.74) is 1.74. The van der Waals surface area contributed by atoms with Crippen LogP contribution in [0.5, 0.6) is 11.5 Å². The second kappa shape index (κ2) is 6.75. The highest BCUT2D eigenvalue weighted by molar-refractivity contribution is 5.94. The molecule has 1 aliphatic rings. The summed E-state index contributed by atoms with van der Waals surface area (Å²) in [6, 6.07) is 11.8. The molecule has 0 aliphatic carbocycles. The molecule has 0 saturated heterocycles. The molecule has 6 nitrogen and oxygen atoms in total. The Hall–Kier alpha value is -3.35. The maximum atomic E-state index is 14.3. The van der Waals surface area contributed by atoms with Crippen LogP contribution >= 0.6 is 0 Å². The number of hydrogen-bond donors (Lipinski definition) is 1. The molecule has 0 saturated carbocycles. The molecule has 2 aromatic carbocycles. The molecule has 27 heavy (non-hydrogen) atoms. The van der Waals surface area contributed by atoms with E-state index in [0.717, 1.165) is 0 Å². The first kappa shape index (κ1) is 17.1. The van der Waals surface area contributed by atoms with E-state index in [1.165, 1.54) is 6.07 Å². The Morgan fingerprint density at radius 1 is 1.19 bits per heavy atom. The van der Waals surface area contributed by atoms with Crippen molar-refractivity contribution < 1.29 is 18.7 Å². The lowest BCUT2D eigenvalue weighted by Gasteiger charge is -2.24. The predicted molar refractivity (Wildman–Crippen MR) is 98.2 cm³/mol. The van der Waals surface area contributed by atoms with Gasteiger partial charge in [-0.2, -0.15) is 0 Å². The zero-order chi connectivity index (χ0) is 19.0. The minimum Gasteiger partial charge on any atom is -0.497 e. The fourth-order valence-electron chi connectivity index (χ4n) is 3.39. The standard InChI is InChI=1S/C20H18FN3O3/c1-26-12-7-8-17(27-2)16(9-12)24-11-22-19-14(10-18(25)23-20(19)24)13-5-3-4-6-15(13)21/h3-9,11,14H,10H2,1-2H3,(H,23,25). The Kier molecular flexibility index (Phi) is 4.27. The minimum atomic E-state index is -0.451. The van der Waals surface area contributed by atoms with Crippen LogP contribution in [0.4, 0.5) is 10.2 Å². The van der Waals surface area contributed by atoms with E-state index in [1.807, 2.05) is 0 Å². The van der Waals surface area contributed by atoms with Gasteiger partial charge < -0.3 is 14.8 Å². The normalized spacial score (nSPS) is 15.8. The quantitative estimate of drug-likeness (QED) is 0.766. The first-order valence-corrected chi connectivity index (χ1v) is 8.46. The van der Waals surface area contributed by atoms with Gasteiger partial charge in [0.15, 0.2) is 0 Å². The van der Waals surface area contributed by atoms with Crippen molar-refractivity contribution in [3.05, 3.63) is 65.9 Å². The van der Waals surface area contributed by atoms with Gasteiger partial charge in [0.2, 0.25) is 5.91 Å². The summed E-state index contributed by atoms with van der Waals surface area (Å²) in [7, 11) is 3.14. The molecule has 7 heteroatoms. The third-order valence-corrected chi connectivity index (χ3v) is 4.70. The molecule has 1 aromatic heterocycles. The van der Waals surface area contributed by atoms with Gasteiger partial charge in [-0.3, -0.25) is 9.36 Å². The van der Waals surface area contributed by atoms with Crippen molar-refractivity contribution in [2.45, 2.75) is 12.3 Å². The van der Waals surface area contributed by atoms with Crippen LogP contribution in [0, 0.1) is 5.82 Å². The Morgan fingerprint density at radius 3 is 2.74 bits per heavy atom. The highest BCUT2D eigenvalue weighted by Gasteiger charge is 2.32. The number of imidazole rings is 1. The van der Waals surface area contributed by atoms with Gasteiger partial charge in [0, 0.05) is 18.4 Å². The highest BCUT2D eigenvalue weighted by Crippen LogP contribution is 2.40. The lowest BCUT2D eigenvalue weighted by Crippen LogP contribution is -2.25. The van der Waals surface area contributed by atoms with Gasteiger partial charge in [0.05, 0.1) is 25.6 Å². The summed E-state index contributed by atoms with van der Waals surface area (Å²) in [5, 5.41) is 2.86. The summed E-state index contributed by atoms with van der Waals surface area (Å²) in [4.78, 5) is 16.8. The number of benzene rings is 2. The maximum Gasteiger partial charge on any atom is 0.226 e. The molecule has 0 radical (unpaired) electrons. The zero-order valence-corrected chi connectivity index (χ0v) is 14.9. The van der Waals surface area contributed by atoms with Gasteiger partial charge in [0.25, 0.3) is 0 Å². The lowest BCUT2D eigenvalue weighted by atomic mass is 9.89. The SMILES string of the molecule is COc1ccc(OC)c(-n2cnc3c2NC(=O)CC3c2ccccc2F)c1. The number of aromatic nitrogens is 2. The van der Waals surface area contributed by atoms with Gasteiger partial charge in [-0.05, 0) is 23.8 Å². The van der Waals surface area contributed by atoms with Gasteiger partial charge in [-0.25, -0.2) is 9.37 Å². The number of rotatable bonds is 4. The molecule has 1 aliphatic heterocycles. The smallest absolute Gasteiger partial charge is 0.226 e. The maximum absolute atomic E-state index is 14.3. The van der Waals surface area contributed by atoms with Gasteiger partial charge in [-0.15, -0.1) is 0 Å². The average Bonchev–Trinajstić information content (AvgIpc) is 3.10. The van der Waals surface area contributed by atoms with Crippen LogP contribution in [0.1, 0.15) is 23.6 Å². The van der Waals surface area contributed by atoms with Crippen LogP contribution in [-0.4, -0.2) is 29.7 Å². The van der Waals surface area contributed by atoms with Crippen LogP contribution in [0.2, 0.25) is 0 Å². The molecule has 138 valence electrons. The minimum absolute atomic E-state index is 0.139. The number of fused-ring (bicyclic) bond motifs is 1. The fourth-order valence-corrected chi connectivity index (χ4v) is 3.39. The third kappa shape index (κ3) is 2.91. The molecule has 2 heterocycles. The van der Waals surface area contributed by atoms with Crippen molar-refractivity contribution >= 4 is 11.7 Å². The summed E-state index contributed by atoms with van der Waals surface area (Å²) in [5.74, 6) is 0.745. The van der Waals surface area contributed by atoms with E-state index >= 15 is 0 Å². The van der Waals surface area contributed by atoms with Crippen LogP contribution in [-0.2, 0) is 4.79 Å². The molecule has 0 spiro atoms. The number of carbonyl (C=O) groups excluding carboxylic acids is 1. The Labute approximate surface area is 155 Å². The van der Waals surface area contributed by atoms with Crippen molar-refractivity contribution in [3.63, 3.8) is 0 Å². The first-order valence-electron chi connectivity index (χ1n) is 8.46. The number of hydrogen-bond acceptors (Lipinski definition) is 4. The molecule has 3 aromatic rings. The molecule has 0 fully saturated rings. The van der Waals surface area contributed by atoms with Crippen LogP contribution in [0.15, 0.2) is 48.8 Å². The molecular weight excluding hydrogens is 349 g/mol. The predicted octanol–water partition coefficient (Wildman–Crippen LogP) is 3.50. The summed E-state index contributed by atoms with van der Waals surface area (Å²) >= 11 is 0. The zero-order valence-electron chi connectivity index (χ0n) is 14.9. The molecular formula is C20H18FN3O3. The van der Waals surface area contributed by atoms with E-state index < -0.39 is 5.92 Å². The molecule has 4 rings (SSSR count). The van der Waals surface area contributed by atoms with E-state index in [9.17, 15) is 9.18 Å². The van der Waals surface area contributed by atoms with E-state index in [0.29, 0.717) is 34.3 Å². The topological polar surface area (TPSA) is 65.4 Å². The fraction of sp³-hybridized carbons (Fsp3) is 0.200. The third-order valence-electron chi connectivity index (χ3n) is 4.70. The molecule has 1 unspecified atom stereocenters. The van der Waals surface area contributed by atoms with Gasteiger partial charge in [0.1, 0.15) is 29.5 Å². The number of carbonyl (C=O) groups is 1. The van der Waals surface area contributed by atoms with Crippen molar-refractivity contribution in [1.29, 1.82) is 0 Å². The second-order valence-electron chi connectivity index (χ2n) is 6.21. The van der Waals surface area contributed by atoms with E-state index in [1.54, 1.807) is 61.5 Å². The molecule has 1 N–H and O–H groups in total. The number of nitrogens with one attached hydrogen (secondary N) is 1. The Morgan fingerprint density at radius 2 is 2.00 bits per heavy atom. The summed E-state index contributed by atoms with van der Waals surface area (Å²) < 4.78 is 26.8. The average molecular weight is 367 g/mol. The van der Waals surface area contributed by atoms with E-state index in [4.69, 9.17) is 9.47 Å². The summed E-state index contributed by atoms with van der Waals surface area (Å²) in [6.45, 7) is 0. The number of ether oxygens (including phenoxy) is 2. The van der Waals surface area contributed by atoms with Crippen molar-refractivity contribution in [2.75, 3.05) is 19.5 Å². The number of amides is 1. The molecule has 1 amide bonds. The van der Waals surface area contributed by atoms with Crippen molar-refractivity contribution in [2.24, 2.45) is 0 Å². The number of methoxy groups -OCH3 is 2. The van der Waals surface area contributed by atoms with E-state index in [2.05, 4.69) is 10.3 Å². The highest BCUT2D eigenvalue weighted by atomic mass is 19.1. The first-order chi connectivity index (χ1) is 13.1. The van der Waals surface area contributed by atoms with Crippen LogP contribution in [0.3, 0.4) is 0 Å². The van der Waals surface area contributed by atoms with Crippen molar-refractivity contribution in [3.8, 4) is 17.2 Å². The number of anilines is 1. The molecule has 1 atom stereocenters. The second-order valence-corrected chi connectivity index (χ2v) is 6.21. The van der Waals surface area contributed by atoms with Crippen LogP contribution < -0.4 is 14.8 Å². The van der Waals surface area contributed by atoms with Crippen LogP contribution in [0.25, 0.3) is 5.69 Å². The van der Waals surface area contributed by atoms with E-state index in [-0.39, 0.29) is 18.1 Å². The monoisotopic (exact) mass is 367 g/mol. The lowest BCUT2D eigenvalue weighted by molar-refractivity contribution is -0.116. The van der Waals surface area contributed by atoms with Gasteiger partial charge in [-0.1, -0.05) is 18.2 Å². The van der Waals surface area contributed by atoms with Crippen molar-refractivity contribution in [1.82, 2.24) is 9.55 Å². The summed E-state index contributed by atoms with van der Waals surface area (Å²) in [6.07, 6.45) is 1.74. The Balaban J connectivity index is 1.87. The number of nitrogens with zero attached hydrogens (tertiary/aromatic N) is 2. The Bertz CT molecular complexity index is 1020. The number of halogens is 1. The van der Waals surface area contributed by atoms with Gasteiger partial charge >= 0.3 is 0 Å².